The highest BCUT2D eigenvalue weighted by Crippen LogP contribution is 2.42. The number of nitrogens with zero attached hydrogens (tertiary/aromatic N) is 8. The summed E-state index contributed by atoms with van der Waals surface area (Å²) in [5.41, 5.74) is 6.86. The summed E-state index contributed by atoms with van der Waals surface area (Å²) in [6.07, 6.45) is 7.41. The second-order valence-electron chi connectivity index (χ2n) is 19.1. The molecule has 4 aliphatic heterocycles. The van der Waals surface area contributed by atoms with E-state index in [2.05, 4.69) is 74.9 Å². The number of ether oxygens (including phenoxy) is 2. The van der Waals surface area contributed by atoms with Crippen molar-refractivity contribution < 1.29 is 34.7 Å². The Bertz CT molecular complexity index is 2460. The molecule has 8 heterocycles. The van der Waals surface area contributed by atoms with Gasteiger partial charge in [-0.3, -0.25) is 24.8 Å². The number of pyridine rings is 2. The lowest BCUT2D eigenvalue weighted by Gasteiger charge is -2.45. The summed E-state index contributed by atoms with van der Waals surface area (Å²) in [7, 11) is 0. The molecule has 4 fully saturated rings. The van der Waals surface area contributed by atoms with Gasteiger partial charge in [-0.25, -0.2) is 9.97 Å². The van der Waals surface area contributed by atoms with Crippen molar-refractivity contribution in [3.05, 3.63) is 73.1 Å². The topological polar surface area (TPSA) is 237 Å². The fourth-order valence-electron chi connectivity index (χ4n) is 11.0. The largest absolute Gasteiger partial charge is 0.473 e. The van der Waals surface area contributed by atoms with Gasteiger partial charge in [-0.2, -0.15) is 0 Å². The highest BCUT2D eigenvalue weighted by atomic mass is 16.5. The number of aliphatic hydroxyl groups is 4. The van der Waals surface area contributed by atoms with Gasteiger partial charge in [0.05, 0.1) is 36.7 Å². The van der Waals surface area contributed by atoms with Crippen LogP contribution in [0, 0.1) is 0 Å². The third-order valence-corrected chi connectivity index (χ3v) is 14.6. The Morgan fingerprint density at radius 2 is 1.03 bits per heavy atom. The first-order chi connectivity index (χ1) is 34.4. The number of hydrogen-bond acceptors (Lipinski definition) is 17. The van der Waals surface area contributed by atoms with Crippen molar-refractivity contribution in [2.75, 3.05) is 102 Å². The Hall–Kier alpha value is -5.77. The minimum Gasteiger partial charge on any atom is -0.473 e. The van der Waals surface area contributed by atoms with Gasteiger partial charge in [0, 0.05) is 88.0 Å². The van der Waals surface area contributed by atoms with Crippen molar-refractivity contribution in [3.8, 4) is 34.0 Å². The second-order valence-corrected chi connectivity index (χ2v) is 19.1. The van der Waals surface area contributed by atoms with Crippen molar-refractivity contribution in [1.82, 2.24) is 50.8 Å². The van der Waals surface area contributed by atoms with Gasteiger partial charge in [0.15, 0.2) is 17.1 Å². The predicted molar refractivity (Wildman–Crippen MR) is 267 cm³/mol. The van der Waals surface area contributed by atoms with E-state index >= 15 is 4.79 Å². The number of carbonyl (C=O) groups excluding carboxylic acids is 1. The number of anilines is 2. The van der Waals surface area contributed by atoms with Gasteiger partial charge in [0.2, 0.25) is 11.8 Å². The third kappa shape index (κ3) is 10.3. The van der Waals surface area contributed by atoms with Crippen molar-refractivity contribution >= 4 is 39.2 Å². The highest BCUT2D eigenvalue weighted by molar-refractivity contribution is 6.03. The van der Waals surface area contributed by atoms with Crippen LogP contribution in [0.5, 0.6) is 11.8 Å². The van der Waals surface area contributed by atoms with Crippen LogP contribution in [0.4, 0.5) is 11.4 Å². The maximum atomic E-state index is 15.8. The summed E-state index contributed by atoms with van der Waals surface area (Å²) >= 11 is 0. The number of rotatable bonds is 20. The molecule has 372 valence electrons. The molecule has 2 aromatic carbocycles. The predicted octanol–water partition coefficient (Wildman–Crippen LogP) is 2.56. The van der Waals surface area contributed by atoms with E-state index in [1.807, 2.05) is 48.8 Å². The Balaban J connectivity index is 0.926. The smallest absolute Gasteiger partial charge is 0.244 e. The molecule has 8 N–H and O–H groups in total. The number of aromatic amines is 2. The summed E-state index contributed by atoms with van der Waals surface area (Å²) in [5, 5.41) is 63.3. The fraction of sp³-hybridized carbons (Fsp3) is 0.510. The number of carbonyl (C=O) groups is 1. The molecule has 10 rings (SSSR count). The Kier molecular flexibility index (Phi) is 15.1. The second kappa shape index (κ2) is 22.1. The Morgan fingerprint density at radius 3 is 1.40 bits per heavy atom. The van der Waals surface area contributed by atoms with E-state index in [1.54, 1.807) is 0 Å². The quantitative estimate of drug-likeness (QED) is 0.0549. The van der Waals surface area contributed by atoms with Crippen molar-refractivity contribution in [3.63, 3.8) is 0 Å². The van der Waals surface area contributed by atoms with Gasteiger partial charge in [-0.15, -0.1) is 10.2 Å². The maximum absolute atomic E-state index is 15.8. The summed E-state index contributed by atoms with van der Waals surface area (Å²) in [6.45, 7) is 6.12. The van der Waals surface area contributed by atoms with Gasteiger partial charge in [0.1, 0.15) is 36.2 Å². The summed E-state index contributed by atoms with van der Waals surface area (Å²) in [4.78, 5) is 34.8. The molecule has 4 aromatic heterocycles. The van der Waals surface area contributed by atoms with Crippen LogP contribution >= 0.6 is 0 Å². The van der Waals surface area contributed by atoms with E-state index < -0.39 is 25.4 Å². The first-order valence-corrected chi connectivity index (χ1v) is 25.0. The molecule has 0 aliphatic carbocycles. The number of hydrogen-bond donors (Lipinski definition) is 8. The lowest BCUT2D eigenvalue weighted by molar-refractivity contribution is -0.131. The van der Waals surface area contributed by atoms with Crippen LogP contribution in [-0.2, 0) is 4.79 Å². The minimum atomic E-state index is -1.06. The first-order valence-electron chi connectivity index (χ1n) is 25.0. The molecule has 0 bridgehead atoms. The van der Waals surface area contributed by atoms with Gasteiger partial charge < -0.3 is 50.3 Å². The molecule has 0 amide bonds. The molecule has 19 nitrogen and oxygen atoms in total. The van der Waals surface area contributed by atoms with E-state index in [0.717, 1.165) is 85.2 Å². The van der Waals surface area contributed by atoms with Gasteiger partial charge in [-0.05, 0) is 62.7 Å². The van der Waals surface area contributed by atoms with Crippen molar-refractivity contribution in [1.29, 1.82) is 0 Å². The zero-order valence-electron chi connectivity index (χ0n) is 39.6. The fourth-order valence-corrected chi connectivity index (χ4v) is 11.0. The third-order valence-electron chi connectivity index (χ3n) is 14.6. The average Bonchev–Trinajstić information content (AvgIpc) is 4.27. The number of benzene rings is 2. The zero-order valence-corrected chi connectivity index (χ0v) is 39.6. The Morgan fingerprint density at radius 1 is 0.614 bits per heavy atom. The monoisotopic (exact) mass is 959 g/mol. The highest BCUT2D eigenvalue weighted by Gasteiger charge is 2.41. The molecule has 2 unspecified atom stereocenters. The van der Waals surface area contributed by atoms with Crippen molar-refractivity contribution in [2.24, 2.45) is 0 Å². The van der Waals surface area contributed by atoms with Gasteiger partial charge >= 0.3 is 0 Å². The van der Waals surface area contributed by atoms with Crippen LogP contribution in [0.2, 0.25) is 0 Å². The molecule has 0 radical (unpaired) electrons. The molecule has 6 atom stereocenters. The lowest BCUT2D eigenvalue weighted by Crippen LogP contribution is -2.60. The molecule has 0 saturated carbocycles. The van der Waals surface area contributed by atoms with E-state index in [-0.39, 0.29) is 43.2 Å². The molecule has 4 aliphatic rings. The van der Waals surface area contributed by atoms with Gasteiger partial charge in [0.25, 0.3) is 0 Å². The number of H-pyrrole nitrogens is 2. The van der Waals surface area contributed by atoms with E-state index in [4.69, 9.17) is 19.4 Å². The number of nitrogens with one attached hydrogen (secondary N) is 4. The maximum Gasteiger partial charge on any atom is 0.244 e. The molecule has 0 spiro atoms. The molecule has 4 saturated heterocycles. The number of aromatic nitrogens is 6. The number of piperazine rings is 2. The SMILES string of the molecule is O=C(C(C[C@@H]1CCCN1)N1CCN(c2c(-c3ccccc3)cnc3[nH]nc(OC[C@H](O)CO)c23)CC1)C(C[C@@H]1CCCN1)N1CCN(c2c(-c3ccccc3)cnc3[nH]nc(OC[C@H](O)CO)c23)CC1. The lowest BCUT2D eigenvalue weighted by atomic mass is 9.90. The van der Waals surface area contributed by atoms with E-state index in [9.17, 15) is 20.4 Å². The molecule has 6 aromatic rings. The summed E-state index contributed by atoms with van der Waals surface area (Å²) in [6, 6.07) is 20.2. The number of Topliss-reactive ketones (excluding diaryl/α,β-unsaturated/α-hetero) is 1. The van der Waals surface area contributed by atoms with Crippen LogP contribution in [0.3, 0.4) is 0 Å². The first kappa shape index (κ1) is 47.9. The minimum absolute atomic E-state index is 0.120. The molecule has 19 heteroatoms. The van der Waals surface area contributed by atoms with Gasteiger partial charge in [-0.1, -0.05) is 60.7 Å². The zero-order chi connectivity index (χ0) is 48.0. The number of ketones is 1. The summed E-state index contributed by atoms with van der Waals surface area (Å²) in [5.74, 6) is 0.919. The van der Waals surface area contributed by atoms with Crippen LogP contribution < -0.4 is 29.9 Å². The molecular weight excluding hydrogens is 893 g/mol. The van der Waals surface area contributed by atoms with Crippen LogP contribution in [0.25, 0.3) is 44.3 Å². The molecular formula is C51H66N12O7. The van der Waals surface area contributed by atoms with Crippen LogP contribution in [-0.4, -0.2) is 195 Å². The normalized spacial score (nSPS) is 21.1. The van der Waals surface area contributed by atoms with Crippen LogP contribution in [0.15, 0.2) is 73.1 Å². The van der Waals surface area contributed by atoms with E-state index in [0.29, 0.717) is 86.2 Å². The average molecular weight is 959 g/mol. The number of aliphatic hydroxyl groups excluding tert-OH is 4. The Labute approximate surface area is 407 Å². The summed E-state index contributed by atoms with van der Waals surface area (Å²) < 4.78 is 12.0. The number of fused-ring (bicyclic) bond motifs is 2. The van der Waals surface area contributed by atoms with Crippen LogP contribution in [0.1, 0.15) is 38.5 Å². The standard InChI is InChI=1S/C51H66N12O7/c64-29-37(66)31-69-50-43-45(39(27-54-48(43)56-58-50)33-9-3-1-4-10-33)62-21-17-60(18-22-62)41(25-35-13-7-15-52-35)47(68)42(26-36-14-8-16-53-36)61-19-23-63(24-20-61)46-40(34-11-5-2-6-12-34)28-55-49-44(46)51(59-57-49)70-32-38(67)30-65/h1-6,9-12,27-28,35-38,41-42,52-53,64-67H,7-8,13-26,29-32H2,(H,54,56,58)(H,55,57,59)/t35-,36-,37+,38+,41?,42?/m0/s1. The molecule has 70 heavy (non-hydrogen) atoms. The van der Waals surface area contributed by atoms with Crippen molar-refractivity contribution in [2.45, 2.75) is 74.9 Å². The van der Waals surface area contributed by atoms with E-state index in [1.165, 1.54) is 0 Å².